The van der Waals surface area contributed by atoms with Crippen LogP contribution in [0, 0.1) is 5.92 Å². The number of carbonyl (C=O) groups is 1. The zero-order valence-electron chi connectivity index (χ0n) is 12.5. The molecule has 0 aliphatic carbocycles. The van der Waals surface area contributed by atoms with E-state index in [0.717, 1.165) is 0 Å². The van der Waals surface area contributed by atoms with Gasteiger partial charge >= 0.3 is 0 Å². The number of ether oxygens (including phenoxy) is 1. The molecule has 1 aliphatic rings. The van der Waals surface area contributed by atoms with Crippen LogP contribution in [0.4, 0.5) is 5.69 Å². The Labute approximate surface area is 124 Å². The van der Waals surface area contributed by atoms with Crippen molar-refractivity contribution in [1.29, 1.82) is 0 Å². The first-order valence-electron chi connectivity index (χ1n) is 6.93. The van der Waals surface area contributed by atoms with Crippen LogP contribution in [0.1, 0.15) is 18.9 Å². The SMILES string of the molecule is COc1ccc2c(c1)[C@@](O)([C@H](C)/C=C/CCO)C(=O)N2C. The van der Waals surface area contributed by atoms with Crippen LogP contribution < -0.4 is 9.64 Å². The monoisotopic (exact) mass is 291 g/mol. The number of amides is 1. The number of nitrogens with zero attached hydrogens (tertiary/aromatic N) is 1. The van der Waals surface area contributed by atoms with Gasteiger partial charge in [-0.15, -0.1) is 0 Å². The smallest absolute Gasteiger partial charge is 0.264 e. The van der Waals surface area contributed by atoms with Gasteiger partial charge in [0.1, 0.15) is 5.75 Å². The standard InChI is InChI=1S/C16H21NO4/c1-11(6-4-5-9-18)16(20)13-10-12(21-3)7-8-14(13)17(2)15(16)19/h4,6-8,10-11,18,20H,5,9H2,1-3H3/b6-4+/t11-,16+/m1/s1. The van der Waals surface area contributed by atoms with E-state index in [1.54, 1.807) is 51.4 Å². The summed E-state index contributed by atoms with van der Waals surface area (Å²) in [5.74, 6) is -0.166. The molecule has 0 spiro atoms. The van der Waals surface area contributed by atoms with E-state index in [9.17, 15) is 9.90 Å². The number of hydrogen-bond donors (Lipinski definition) is 2. The minimum absolute atomic E-state index is 0.0416. The Balaban J connectivity index is 2.46. The van der Waals surface area contributed by atoms with E-state index in [1.807, 2.05) is 0 Å². The van der Waals surface area contributed by atoms with Crippen molar-refractivity contribution in [2.45, 2.75) is 18.9 Å². The van der Waals surface area contributed by atoms with Gasteiger partial charge in [0.25, 0.3) is 5.91 Å². The van der Waals surface area contributed by atoms with Crippen LogP contribution in [0.25, 0.3) is 0 Å². The van der Waals surface area contributed by atoms with Crippen LogP contribution >= 0.6 is 0 Å². The van der Waals surface area contributed by atoms with Crippen LogP contribution in [-0.4, -0.2) is 36.9 Å². The Morgan fingerprint density at radius 1 is 1.48 bits per heavy atom. The van der Waals surface area contributed by atoms with Crippen molar-refractivity contribution in [2.75, 3.05) is 25.7 Å². The van der Waals surface area contributed by atoms with Crippen LogP contribution in [0.5, 0.6) is 5.75 Å². The first-order chi connectivity index (χ1) is 9.96. The fourth-order valence-corrected chi connectivity index (χ4v) is 2.67. The van der Waals surface area contributed by atoms with Crippen molar-refractivity contribution in [3.8, 4) is 5.75 Å². The quantitative estimate of drug-likeness (QED) is 0.805. The summed E-state index contributed by atoms with van der Waals surface area (Å²) in [6.07, 6.45) is 4.03. The number of fused-ring (bicyclic) bond motifs is 1. The maximum atomic E-state index is 12.5. The number of aliphatic hydroxyl groups is 2. The maximum absolute atomic E-state index is 12.5. The summed E-state index contributed by atoms with van der Waals surface area (Å²) in [7, 11) is 3.20. The van der Waals surface area contributed by atoms with Crippen LogP contribution in [-0.2, 0) is 10.4 Å². The third kappa shape index (κ3) is 2.43. The van der Waals surface area contributed by atoms with Gasteiger partial charge in [-0.05, 0) is 24.6 Å². The van der Waals surface area contributed by atoms with Gasteiger partial charge < -0.3 is 19.8 Å². The van der Waals surface area contributed by atoms with Crippen LogP contribution in [0.2, 0.25) is 0 Å². The highest BCUT2D eigenvalue weighted by Gasteiger charge is 2.51. The maximum Gasteiger partial charge on any atom is 0.264 e. The Bertz CT molecular complexity index is 569. The molecule has 0 bridgehead atoms. The summed E-state index contributed by atoms with van der Waals surface area (Å²) in [6, 6.07) is 5.24. The molecular weight excluding hydrogens is 270 g/mol. The van der Waals surface area contributed by atoms with Gasteiger partial charge in [0.05, 0.1) is 12.8 Å². The van der Waals surface area contributed by atoms with E-state index in [-0.39, 0.29) is 12.5 Å². The second-order valence-electron chi connectivity index (χ2n) is 5.24. The molecule has 21 heavy (non-hydrogen) atoms. The third-order valence-electron chi connectivity index (χ3n) is 3.99. The highest BCUT2D eigenvalue weighted by atomic mass is 16.5. The first kappa shape index (κ1) is 15.5. The van der Waals surface area contributed by atoms with E-state index in [1.165, 1.54) is 4.90 Å². The molecule has 0 unspecified atom stereocenters. The number of carbonyl (C=O) groups excluding carboxylic acids is 1. The van der Waals surface area contributed by atoms with Crippen molar-refractivity contribution in [2.24, 2.45) is 5.92 Å². The lowest BCUT2D eigenvalue weighted by atomic mass is 9.83. The van der Waals surface area contributed by atoms with Crippen LogP contribution in [0.15, 0.2) is 30.4 Å². The molecule has 0 fully saturated rings. The zero-order valence-corrected chi connectivity index (χ0v) is 12.5. The molecule has 5 heteroatoms. The molecule has 0 saturated carbocycles. The second kappa shape index (κ2) is 5.87. The molecule has 2 atom stereocenters. The van der Waals surface area contributed by atoms with Gasteiger partial charge in [0.2, 0.25) is 0 Å². The van der Waals surface area contributed by atoms with E-state index in [0.29, 0.717) is 23.4 Å². The Morgan fingerprint density at radius 2 is 2.19 bits per heavy atom. The molecule has 1 aromatic rings. The van der Waals surface area contributed by atoms with E-state index >= 15 is 0 Å². The van der Waals surface area contributed by atoms with Crippen molar-refractivity contribution < 1.29 is 19.7 Å². The topological polar surface area (TPSA) is 70.0 Å². The van der Waals surface area contributed by atoms with Gasteiger partial charge in [-0.1, -0.05) is 19.1 Å². The highest BCUT2D eigenvalue weighted by Crippen LogP contribution is 2.45. The molecule has 5 nitrogen and oxygen atoms in total. The lowest BCUT2D eigenvalue weighted by molar-refractivity contribution is -0.139. The molecule has 0 saturated heterocycles. The van der Waals surface area contributed by atoms with Crippen molar-refractivity contribution in [1.82, 2.24) is 0 Å². The lowest BCUT2D eigenvalue weighted by Crippen LogP contribution is -2.43. The normalized spacial score (nSPS) is 22.7. The number of hydrogen-bond acceptors (Lipinski definition) is 4. The number of benzene rings is 1. The molecule has 2 rings (SSSR count). The first-order valence-corrected chi connectivity index (χ1v) is 6.93. The van der Waals surface area contributed by atoms with Crippen LogP contribution in [0.3, 0.4) is 0 Å². The summed E-state index contributed by atoms with van der Waals surface area (Å²) in [5.41, 5.74) is -0.369. The predicted molar refractivity (Wildman–Crippen MR) is 80.3 cm³/mol. The number of aliphatic hydroxyl groups excluding tert-OH is 1. The highest BCUT2D eigenvalue weighted by molar-refractivity contribution is 6.07. The molecule has 2 N–H and O–H groups in total. The number of likely N-dealkylation sites (N-methyl/N-ethyl adjacent to an activating group) is 1. The third-order valence-corrected chi connectivity index (χ3v) is 3.99. The van der Waals surface area contributed by atoms with Gasteiger partial charge in [-0.2, -0.15) is 0 Å². The van der Waals surface area contributed by atoms with E-state index in [2.05, 4.69) is 0 Å². The second-order valence-corrected chi connectivity index (χ2v) is 5.24. The van der Waals surface area contributed by atoms with Gasteiger partial charge in [-0.3, -0.25) is 4.79 Å². The molecule has 1 amide bonds. The van der Waals surface area contributed by atoms with Crippen molar-refractivity contribution in [3.63, 3.8) is 0 Å². The predicted octanol–water partition coefficient (Wildman–Crippen LogP) is 1.43. The van der Waals surface area contributed by atoms with E-state index in [4.69, 9.17) is 9.84 Å². The van der Waals surface area contributed by atoms with Gasteiger partial charge in [-0.25, -0.2) is 0 Å². The summed E-state index contributed by atoms with van der Waals surface area (Å²) in [6.45, 7) is 1.83. The zero-order chi connectivity index (χ0) is 15.6. The molecule has 114 valence electrons. The fraction of sp³-hybridized carbons (Fsp3) is 0.438. The van der Waals surface area contributed by atoms with Crippen molar-refractivity contribution in [3.05, 3.63) is 35.9 Å². The molecule has 0 radical (unpaired) electrons. The minimum Gasteiger partial charge on any atom is -0.497 e. The van der Waals surface area contributed by atoms with Gasteiger partial charge in [0.15, 0.2) is 5.60 Å². The van der Waals surface area contributed by atoms with E-state index < -0.39 is 11.5 Å². The van der Waals surface area contributed by atoms with Crippen molar-refractivity contribution >= 4 is 11.6 Å². The molecular formula is C16H21NO4. The summed E-state index contributed by atoms with van der Waals surface area (Å²) >= 11 is 0. The number of rotatable bonds is 5. The number of methoxy groups -OCH3 is 1. The molecule has 1 aromatic carbocycles. The summed E-state index contributed by atoms with van der Waals surface area (Å²) in [5, 5.41) is 19.8. The number of anilines is 1. The molecule has 0 aromatic heterocycles. The Morgan fingerprint density at radius 3 is 2.81 bits per heavy atom. The average Bonchev–Trinajstić information content (AvgIpc) is 2.70. The minimum atomic E-state index is -1.61. The van der Waals surface area contributed by atoms with Gasteiger partial charge in [0, 0.05) is 25.1 Å². The Kier molecular flexibility index (Phi) is 4.34. The molecule has 1 heterocycles. The largest absolute Gasteiger partial charge is 0.497 e. The average molecular weight is 291 g/mol. The summed E-state index contributed by atoms with van der Waals surface area (Å²) in [4.78, 5) is 14.0. The lowest BCUT2D eigenvalue weighted by Gasteiger charge is -2.27. The Hall–Kier alpha value is -1.85. The fourth-order valence-electron chi connectivity index (χ4n) is 2.67. The summed E-state index contributed by atoms with van der Waals surface area (Å²) < 4.78 is 5.19. The molecule has 1 aliphatic heterocycles.